The molecule has 3 heterocycles. The van der Waals surface area contributed by atoms with Gasteiger partial charge in [-0.3, -0.25) is 14.5 Å². The Balaban J connectivity index is 1.29. The first kappa shape index (κ1) is 24.4. The minimum absolute atomic E-state index is 0.0624. The fraction of sp³-hybridized carbons (Fsp3) is 0.192. The summed E-state index contributed by atoms with van der Waals surface area (Å²) in [7, 11) is -2.54. The first-order valence-electron chi connectivity index (χ1n) is 11.6. The van der Waals surface area contributed by atoms with Crippen molar-refractivity contribution in [1.29, 1.82) is 0 Å². The third-order valence-electron chi connectivity index (χ3n) is 6.18. The van der Waals surface area contributed by atoms with E-state index in [1.54, 1.807) is 48.5 Å². The summed E-state index contributed by atoms with van der Waals surface area (Å²) in [5.74, 6) is 0.182. The second-order valence-electron chi connectivity index (χ2n) is 8.44. The van der Waals surface area contributed by atoms with Crippen LogP contribution in [0.1, 0.15) is 10.4 Å². The van der Waals surface area contributed by atoms with Crippen molar-refractivity contribution in [3.63, 3.8) is 0 Å². The molecule has 0 radical (unpaired) electrons. The van der Waals surface area contributed by atoms with Crippen molar-refractivity contribution >= 4 is 38.3 Å². The molecule has 1 aliphatic heterocycles. The third kappa shape index (κ3) is 4.90. The molecule has 2 aromatic heterocycles. The molecule has 0 saturated carbocycles. The van der Waals surface area contributed by atoms with Crippen LogP contribution in [0.15, 0.2) is 78.0 Å². The first-order valence-corrected chi connectivity index (χ1v) is 13.0. The number of piperazine rings is 1. The van der Waals surface area contributed by atoms with Crippen LogP contribution < -0.4 is 14.4 Å². The van der Waals surface area contributed by atoms with E-state index in [1.165, 1.54) is 24.4 Å². The van der Waals surface area contributed by atoms with Crippen LogP contribution >= 0.6 is 0 Å². The van der Waals surface area contributed by atoms with Gasteiger partial charge in [-0.1, -0.05) is 18.2 Å². The number of nitrogens with one attached hydrogen (secondary N) is 1. The van der Waals surface area contributed by atoms with Crippen molar-refractivity contribution in [2.75, 3.05) is 42.9 Å². The molecule has 11 heteroatoms. The lowest BCUT2D eigenvalue weighted by Gasteiger charge is -2.35. The highest BCUT2D eigenvalue weighted by atomic mass is 32.2. The molecule has 0 bridgehead atoms. The molecule has 1 fully saturated rings. The van der Waals surface area contributed by atoms with Crippen molar-refractivity contribution in [3.8, 4) is 5.75 Å². The Bertz CT molecular complexity index is 1570. The average Bonchev–Trinajstić information content (AvgIpc) is 2.93. The maximum Gasteiger partial charge on any atom is 0.264 e. The quantitative estimate of drug-likeness (QED) is 0.414. The zero-order valence-electron chi connectivity index (χ0n) is 20.0. The zero-order chi connectivity index (χ0) is 26.0. The number of amides is 1. The van der Waals surface area contributed by atoms with Crippen LogP contribution in [-0.4, -0.2) is 62.5 Å². The molecule has 0 unspecified atom stereocenters. The Morgan fingerprint density at radius 2 is 1.70 bits per heavy atom. The molecule has 190 valence electrons. The minimum atomic E-state index is -4.12. The highest BCUT2D eigenvalue weighted by Crippen LogP contribution is 2.27. The summed E-state index contributed by atoms with van der Waals surface area (Å²) in [4.78, 5) is 25.2. The predicted octanol–water partition coefficient (Wildman–Crippen LogP) is 3.54. The SMILES string of the molecule is COc1cccnc1N1CCN(C(=O)c2ccc(NS(=O)(=O)c3cccc4cccnc34)c(F)c2)CC1. The van der Waals surface area contributed by atoms with Crippen LogP contribution in [-0.2, 0) is 10.0 Å². The number of carbonyl (C=O) groups is 1. The molecule has 37 heavy (non-hydrogen) atoms. The van der Waals surface area contributed by atoms with Crippen molar-refractivity contribution in [1.82, 2.24) is 14.9 Å². The van der Waals surface area contributed by atoms with E-state index in [-0.39, 0.29) is 27.6 Å². The number of benzene rings is 2. The second-order valence-corrected chi connectivity index (χ2v) is 10.1. The largest absolute Gasteiger partial charge is 0.493 e. The van der Waals surface area contributed by atoms with Crippen LogP contribution in [0.2, 0.25) is 0 Å². The van der Waals surface area contributed by atoms with Crippen LogP contribution in [0.5, 0.6) is 5.75 Å². The molecule has 2 aromatic carbocycles. The number of sulfonamides is 1. The van der Waals surface area contributed by atoms with E-state index < -0.39 is 15.8 Å². The van der Waals surface area contributed by atoms with Crippen molar-refractivity contribution in [2.45, 2.75) is 4.90 Å². The number of carbonyl (C=O) groups excluding carboxylic acids is 1. The molecule has 1 amide bonds. The Morgan fingerprint density at radius 3 is 2.46 bits per heavy atom. The topological polar surface area (TPSA) is 105 Å². The summed E-state index contributed by atoms with van der Waals surface area (Å²) in [5, 5.41) is 0.647. The van der Waals surface area contributed by atoms with Gasteiger partial charge in [-0.2, -0.15) is 0 Å². The summed E-state index contributed by atoms with van der Waals surface area (Å²) < 4.78 is 48.6. The lowest BCUT2D eigenvalue weighted by molar-refractivity contribution is 0.0746. The van der Waals surface area contributed by atoms with Crippen molar-refractivity contribution < 1.29 is 22.3 Å². The van der Waals surface area contributed by atoms with Gasteiger partial charge < -0.3 is 14.5 Å². The molecule has 9 nitrogen and oxygen atoms in total. The zero-order valence-corrected chi connectivity index (χ0v) is 20.8. The van der Waals surface area contributed by atoms with Gasteiger partial charge in [0.2, 0.25) is 0 Å². The molecular weight excluding hydrogens is 497 g/mol. The number of halogens is 1. The monoisotopic (exact) mass is 521 g/mol. The number of para-hydroxylation sites is 1. The van der Waals surface area contributed by atoms with E-state index in [1.807, 2.05) is 11.0 Å². The van der Waals surface area contributed by atoms with Gasteiger partial charge in [-0.25, -0.2) is 17.8 Å². The number of nitrogens with zero attached hydrogens (tertiary/aromatic N) is 4. The van der Waals surface area contributed by atoms with Gasteiger partial charge in [-0.15, -0.1) is 0 Å². The number of hydrogen-bond donors (Lipinski definition) is 1. The van der Waals surface area contributed by atoms with Crippen molar-refractivity contribution in [2.24, 2.45) is 0 Å². The standard InChI is InChI=1S/C26H24FN5O4S/c1-36-22-7-4-12-29-25(22)31-13-15-32(16-14-31)26(33)19-9-10-21(20(27)17-19)30-37(34,35)23-8-2-5-18-6-3-11-28-24(18)23/h2-12,17,30H,13-16H2,1H3. The summed E-state index contributed by atoms with van der Waals surface area (Å²) >= 11 is 0. The lowest BCUT2D eigenvalue weighted by atomic mass is 10.1. The number of rotatable bonds is 6. The molecule has 1 N–H and O–H groups in total. The van der Waals surface area contributed by atoms with E-state index in [0.29, 0.717) is 43.1 Å². The summed E-state index contributed by atoms with van der Waals surface area (Å²) in [5.41, 5.74) is 0.167. The van der Waals surface area contributed by atoms with Crippen LogP contribution in [0.4, 0.5) is 15.9 Å². The molecule has 5 rings (SSSR count). The van der Waals surface area contributed by atoms with Gasteiger partial charge in [-0.05, 0) is 42.5 Å². The number of aromatic nitrogens is 2. The van der Waals surface area contributed by atoms with Gasteiger partial charge in [0.15, 0.2) is 11.6 Å². The van der Waals surface area contributed by atoms with Gasteiger partial charge in [0.25, 0.3) is 15.9 Å². The number of hydrogen-bond acceptors (Lipinski definition) is 7. The Morgan fingerprint density at radius 1 is 0.973 bits per heavy atom. The maximum absolute atomic E-state index is 15.0. The van der Waals surface area contributed by atoms with Gasteiger partial charge in [0, 0.05) is 49.5 Å². The first-order chi connectivity index (χ1) is 17.9. The highest BCUT2D eigenvalue weighted by molar-refractivity contribution is 7.93. The number of pyridine rings is 2. The average molecular weight is 522 g/mol. The van der Waals surface area contributed by atoms with E-state index in [0.717, 1.165) is 6.07 Å². The van der Waals surface area contributed by atoms with E-state index >= 15 is 0 Å². The van der Waals surface area contributed by atoms with Crippen LogP contribution in [0.3, 0.4) is 0 Å². The summed E-state index contributed by atoms with van der Waals surface area (Å²) in [6, 6.07) is 15.5. The second kappa shape index (κ2) is 10.0. The van der Waals surface area contributed by atoms with Crippen molar-refractivity contribution in [3.05, 3.63) is 84.4 Å². The molecule has 0 aliphatic carbocycles. The fourth-order valence-electron chi connectivity index (χ4n) is 4.31. The smallest absolute Gasteiger partial charge is 0.264 e. The van der Waals surface area contributed by atoms with Crippen LogP contribution in [0.25, 0.3) is 10.9 Å². The van der Waals surface area contributed by atoms with Gasteiger partial charge in [0.1, 0.15) is 10.7 Å². The number of ether oxygens (including phenoxy) is 1. The summed E-state index contributed by atoms with van der Waals surface area (Å²) in [6.07, 6.45) is 3.18. The van der Waals surface area contributed by atoms with E-state index in [2.05, 4.69) is 14.7 Å². The summed E-state index contributed by atoms with van der Waals surface area (Å²) in [6.45, 7) is 1.92. The Kier molecular flexibility index (Phi) is 6.62. The van der Waals surface area contributed by atoms with Gasteiger partial charge >= 0.3 is 0 Å². The predicted molar refractivity (Wildman–Crippen MR) is 138 cm³/mol. The third-order valence-corrected chi connectivity index (χ3v) is 7.58. The van der Waals surface area contributed by atoms with E-state index in [9.17, 15) is 17.6 Å². The number of anilines is 2. The normalized spacial score (nSPS) is 14.0. The molecule has 0 spiro atoms. The minimum Gasteiger partial charge on any atom is -0.493 e. The maximum atomic E-state index is 15.0. The number of fused-ring (bicyclic) bond motifs is 1. The lowest BCUT2D eigenvalue weighted by Crippen LogP contribution is -2.49. The molecule has 0 atom stereocenters. The highest BCUT2D eigenvalue weighted by Gasteiger charge is 2.26. The number of methoxy groups -OCH3 is 1. The molecule has 4 aromatic rings. The Hall–Kier alpha value is -4.25. The molecular formula is C26H24FN5O4S. The van der Waals surface area contributed by atoms with Crippen LogP contribution in [0, 0.1) is 5.82 Å². The Labute approximate surface area is 213 Å². The fourth-order valence-corrected chi connectivity index (χ4v) is 5.55. The van der Waals surface area contributed by atoms with E-state index in [4.69, 9.17) is 4.74 Å². The molecule has 1 aliphatic rings. The molecule has 1 saturated heterocycles. The van der Waals surface area contributed by atoms with Gasteiger partial charge in [0.05, 0.1) is 18.3 Å².